The number of anilines is 2. The first kappa shape index (κ1) is 13.2. The highest BCUT2D eigenvalue weighted by atomic mass is 35.5. The van der Waals surface area contributed by atoms with E-state index in [0.717, 1.165) is 0 Å². The smallest absolute Gasteiger partial charge is 0.376 e. The quantitative estimate of drug-likeness (QED) is 0.877. The molecular weight excluding hydrogens is 273 g/mol. The van der Waals surface area contributed by atoms with E-state index in [1.807, 2.05) is 0 Å². The fourth-order valence-electron chi connectivity index (χ4n) is 1.34. The number of hydrogen-bond donors (Lipinski definition) is 1. The second-order valence-electron chi connectivity index (χ2n) is 3.51. The molecule has 19 heavy (non-hydrogen) atoms. The number of rotatable bonds is 3. The monoisotopic (exact) mass is 281 g/mol. The summed E-state index contributed by atoms with van der Waals surface area (Å²) >= 11 is 5.66. The zero-order valence-electron chi connectivity index (χ0n) is 9.85. The van der Waals surface area contributed by atoms with Gasteiger partial charge in [0.25, 0.3) is 0 Å². The molecule has 0 unspecified atom stereocenters. The average Bonchev–Trinajstić information content (AvgIpc) is 2.42. The van der Waals surface area contributed by atoms with Gasteiger partial charge in [-0.15, -0.1) is 0 Å². The lowest BCUT2D eigenvalue weighted by Gasteiger charge is -2.06. The zero-order valence-corrected chi connectivity index (χ0v) is 10.6. The molecule has 0 amide bonds. The average molecular weight is 282 g/mol. The van der Waals surface area contributed by atoms with Crippen LogP contribution in [0, 0.1) is 5.82 Å². The van der Waals surface area contributed by atoms with Crippen molar-refractivity contribution in [2.75, 3.05) is 12.4 Å². The minimum atomic E-state index is -0.638. The summed E-state index contributed by atoms with van der Waals surface area (Å²) in [6.45, 7) is 0. The van der Waals surface area contributed by atoms with Gasteiger partial charge in [-0.25, -0.2) is 19.2 Å². The van der Waals surface area contributed by atoms with Crippen molar-refractivity contribution in [3.05, 3.63) is 47.1 Å². The summed E-state index contributed by atoms with van der Waals surface area (Å²) < 4.78 is 17.5. The van der Waals surface area contributed by atoms with Crippen LogP contribution < -0.4 is 5.32 Å². The molecule has 0 spiro atoms. The number of esters is 1. The lowest BCUT2D eigenvalue weighted by molar-refractivity contribution is 0.0587. The maximum Gasteiger partial charge on any atom is 0.376 e. The number of nitrogens with zero attached hydrogens (tertiary/aromatic N) is 2. The van der Waals surface area contributed by atoms with Crippen LogP contribution in [0.25, 0.3) is 0 Å². The van der Waals surface area contributed by atoms with E-state index in [0.29, 0.717) is 11.5 Å². The number of methoxy groups -OCH3 is 1. The van der Waals surface area contributed by atoms with Gasteiger partial charge in [-0.3, -0.25) is 0 Å². The van der Waals surface area contributed by atoms with Gasteiger partial charge < -0.3 is 10.1 Å². The Morgan fingerprint density at radius 1 is 1.42 bits per heavy atom. The molecular formula is C12H9ClFN3O2. The van der Waals surface area contributed by atoms with Crippen LogP contribution >= 0.6 is 11.6 Å². The molecule has 1 N–H and O–H groups in total. The van der Waals surface area contributed by atoms with E-state index in [1.54, 1.807) is 6.07 Å². The van der Waals surface area contributed by atoms with Crippen molar-refractivity contribution in [3.63, 3.8) is 0 Å². The predicted octanol–water partition coefficient (Wildman–Crippen LogP) is 2.80. The van der Waals surface area contributed by atoms with Gasteiger partial charge in [-0.2, -0.15) is 0 Å². The largest absolute Gasteiger partial charge is 0.463 e. The standard InChI is InChI=1S/C12H9ClFN3O2/c1-19-12(18)11-15-5-4-10(17-11)16-7-2-3-9(14)8(13)6-7/h2-6H,1H3,(H,15,16,17). The molecule has 1 aromatic carbocycles. The van der Waals surface area contributed by atoms with Crippen LogP contribution in [0.2, 0.25) is 5.02 Å². The topological polar surface area (TPSA) is 64.1 Å². The summed E-state index contributed by atoms with van der Waals surface area (Å²) in [4.78, 5) is 19.0. The first-order valence-corrected chi connectivity index (χ1v) is 5.61. The number of nitrogens with one attached hydrogen (secondary N) is 1. The molecule has 0 saturated carbocycles. The van der Waals surface area contributed by atoms with Crippen LogP contribution in [-0.4, -0.2) is 23.0 Å². The van der Waals surface area contributed by atoms with Crippen LogP contribution in [0.3, 0.4) is 0 Å². The van der Waals surface area contributed by atoms with E-state index >= 15 is 0 Å². The molecule has 1 aromatic heterocycles. The van der Waals surface area contributed by atoms with Gasteiger partial charge in [-0.1, -0.05) is 11.6 Å². The van der Waals surface area contributed by atoms with Crippen molar-refractivity contribution in [2.45, 2.75) is 0 Å². The SMILES string of the molecule is COC(=O)c1nccc(Nc2ccc(F)c(Cl)c2)n1. The number of carbonyl (C=O) groups excluding carboxylic acids is 1. The molecule has 2 aromatic rings. The number of carbonyl (C=O) groups is 1. The van der Waals surface area contributed by atoms with Gasteiger partial charge in [0.1, 0.15) is 11.6 Å². The van der Waals surface area contributed by atoms with Gasteiger partial charge in [0.2, 0.25) is 5.82 Å². The Hall–Kier alpha value is -2.21. The lowest BCUT2D eigenvalue weighted by Crippen LogP contribution is -2.08. The maximum atomic E-state index is 13.0. The highest BCUT2D eigenvalue weighted by Crippen LogP contribution is 2.21. The summed E-state index contributed by atoms with van der Waals surface area (Å²) in [5, 5.41) is 2.87. The minimum Gasteiger partial charge on any atom is -0.463 e. The highest BCUT2D eigenvalue weighted by molar-refractivity contribution is 6.31. The van der Waals surface area contributed by atoms with Gasteiger partial charge >= 0.3 is 5.97 Å². The molecule has 7 heteroatoms. The molecule has 1 heterocycles. The Morgan fingerprint density at radius 2 is 2.21 bits per heavy atom. The lowest BCUT2D eigenvalue weighted by atomic mass is 10.3. The molecule has 0 aliphatic heterocycles. The molecule has 98 valence electrons. The van der Waals surface area contributed by atoms with Gasteiger partial charge in [0.15, 0.2) is 0 Å². The van der Waals surface area contributed by atoms with Crippen molar-refractivity contribution < 1.29 is 13.9 Å². The van der Waals surface area contributed by atoms with E-state index in [-0.39, 0.29) is 10.8 Å². The number of aromatic nitrogens is 2. The van der Waals surface area contributed by atoms with Crippen molar-refractivity contribution >= 4 is 29.1 Å². The van der Waals surface area contributed by atoms with Gasteiger partial charge in [0.05, 0.1) is 12.1 Å². The third kappa shape index (κ3) is 3.17. The van der Waals surface area contributed by atoms with Crippen LogP contribution in [0.5, 0.6) is 0 Å². The first-order chi connectivity index (χ1) is 9.10. The molecule has 0 aliphatic carbocycles. The molecule has 0 atom stereocenters. The third-order valence-electron chi connectivity index (χ3n) is 2.22. The third-order valence-corrected chi connectivity index (χ3v) is 2.51. The van der Waals surface area contributed by atoms with Crippen molar-refractivity contribution in [1.82, 2.24) is 9.97 Å². The van der Waals surface area contributed by atoms with E-state index in [1.165, 1.54) is 31.5 Å². The van der Waals surface area contributed by atoms with E-state index in [2.05, 4.69) is 20.0 Å². The molecule has 0 bridgehead atoms. The summed E-state index contributed by atoms with van der Waals surface area (Å²) in [5.74, 6) is -0.843. The second kappa shape index (κ2) is 5.62. The van der Waals surface area contributed by atoms with Crippen molar-refractivity contribution in [1.29, 1.82) is 0 Å². The summed E-state index contributed by atoms with van der Waals surface area (Å²) in [6, 6.07) is 5.70. The molecule has 0 radical (unpaired) electrons. The van der Waals surface area contributed by atoms with Crippen LogP contribution in [-0.2, 0) is 4.74 Å². The minimum absolute atomic E-state index is 0.00718. The van der Waals surface area contributed by atoms with Crippen molar-refractivity contribution in [3.8, 4) is 0 Å². The van der Waals surface area contributed by atoms with E-state index < -0.39 is 11.8 Å². The normalized spacial score (nSPS) is 10.1. The maximum absolute atomic E-state index is 13.0. The number of halogens is 2. The van der Waals surface area contributed by atoms with Gasteiger partial charge in [-0.05, 0) is 24.3 Å². The Bertz CT molecular complexity index is 622. The number of ether oxygens (including phenoxy) is 1. The van der Waals surface area contributed by atoms with Crippen molar-refractivity contribution in [2.24, 2.45) is 0 Å². The van der Waals surface area contributed by atoms with Crippen LogP contribution in [0.4, 0.5) is 15.9 Å². The number of benzene rings is 1. The fraction of sp³-hybridized carbons (Fsp3) is 0.0833. The summed E-state index contributed by atoms with van der Waals surface area (Å²) in [5.41, 5.74) is 0.543. The first-order valence-electron chi connectivity index (χ1n) is 5.23. The molecule has 0 saturated heterocycles. The predicted molar refractivity (Wildman–Crippen MR) is 68.1 cm³/mol. The Balaban J connectivity index is 2.23. The van der Waals surface area contributed by atoms with E-state index in [9.17, 15) is 9.18 Å². The molecule has 0 fully saturated rings. The summed E-state index contributed by atoms with van der Waals surface area (Å²) in [7, 11) is 1.24. The Labute approximate surface area is 113 Å². The Morgan fingerprint density at radius 3 is 2.89 bits per heavy atom. The summed E-state index contributed by atoms with van der Waals surface area (Å²) in [6.07, 6.45) is 1.41. The van der Waals surface area contributed by atoms with Crippen LogP contribution in [0.15, 0.2) is 30.5 Å². The van der Waals surface area contributed by atoms with Crippen LogP contribution in [0.1, 0.15) is 10.6 Å². The molecule has 5 nitrogen and oxygen atoms in total. The Kier molecular flexibility index (Phi) is 3.91. The second-order valence-corrected chi connectivity index (χ2v) is 3.92. The fourth-order valence-corrected chi connectivity index (χ4v) is 1.52. The molecule has 0 aliphatic rings. The van der Waals surface area contributed by atoms with E-state index in [4.69, 9.17) is 11.6 Å². The van der Waals surface area contributed by atoms with Gasteiger partial charge in [0, 0.05) is 11.9 Å². The zero-order chi connectivity index (χ0) is 13.8. The molecule has 2 rings (SSSR count). The highest BCUT2D eigenvalue weighted by Gasteiger charge is 2.09. The number of hydrogen-bond acceptors (Lipinski definition) is 5.